The molecule has 3 aromatic rings. The maximum absolute atomic E-state index is 14.9. The largest absolute Gasteiger partial charge is 0.442 e. The van der Waals surface area contributed by atoms with Gasteiger partial charge in [0, 0.05) is 18.9 Å². The summed E-state index contributed by atoms with van der Waals surface area (Å²) in [7, 11) is 0. The molecule has 0 unspecified atom stereocenters. The van der Waals surface area contributed by atoms with E-state index in [2.05, 4.69) is 5.32 Å². The molecule has 0 spiro atoms. The molecule has 2 amide bonds. The second-order valence-electron chi connectivity index (χ2n) is 8.27. The standard InChI is InChI=1S/C25H24FN3O6/c1-16(30)27-14-21-15-28(25(31)35-21)19-9-11-22(23(26)13-19)18-7-5-17(6-8-18)3-2-4-20-10-12-24(34-20)29(32)33/h5-13,21H,2-4,14-15H2,1H3,(H,27,30)/t21-/m0/s1. The van der Waals surface area contributed by atoms with Crippen molar-refractivity contribution >= 4 is 23.6 Å². The average molecular weight is 481 g/mol. The number of carbonyl (C=O) groups excluding carboxylic acids is 2. The first kappa shape index (κ1) is 23.9. The summed E-state index contributed by atoms with van der Waals surface area (Å²) in [4.78, 5) is 34.7. The summed E-state index contributed by atoms with van der Waals surface area (Å²) in [6, 6.07) is 15.0. The van der Waals surface area contributed by atoms with Crippen LogP contribution in [0.2, 0.25) is 0 Å². The van der Waals surface area contributed by atoms with E-state index < -0.39 is 22.9 Å². The molecule has 1 atom stereocenters. The summed E-state index contributed by atoms with van der Waals surface area (Å²) >= 11 is 0. The molecular formula is C25H24FN3O6. The van der Waals surface area contributed by atoms with Crippen molar-refractivity contribution in [1.82, 2.24) is 5.32 Å². The van der Waals surface area contributed by atoms with Crippen molar-refractivity contribution in [3.05, 3.63) is 81.9 Å². The fraction of sp³-hybridized carbons (Fsp3) is 0.280. The molecule has 1 aliphatic rings. The van der Waals surface area contributed by atoms with Gasteiger partial charge in [-0.3, -0.25) is 19.8 Å². The van der Waals surface area contributed by atoms with Crippen molar-refractivity contribution in [2.75, 3.05) is 18.0 Å². The van der Waals surface area contributed by atoms with Gasteiger partial charge in [-0.1, -0.05) is 24.3 Å². The summed E-state index contributed by atoms with van der Waals surface area (Å²) < 4.78 is 25.3. The quantitative estimate of drug-likeness (QED) is 0.352. The van der Waals surface area contributed by atoms with Crippen LogP contribution in [-0.2, 0) is 22.4 Å². The molecule has 4 rings (SSSR count). The van der Waals surface area contributed by atoms with Crippen molar-refractivity contribution < 1.29 is 28.1 Å². The van der Waals surface area contributed by atoms with Crippen LogP contribution in [0.3, 0.4) is 0 Å². The van der Waals surface area contributed by atoms with Crippen LogP contribution in [0.15, 0.2) is 59.0 Å². The van der Waals surface area contributed by atoms with E-state index in [0.717, 1.165) is 18.4 Å². The number of carbonyl (C=O) groups is 2. The zero-order chi connectivity index (χ0) is 24.9. The van der Waals surface area contributed by atoms with Gasteiger partial charge in [0.15, 0.2) is 0 Å². The first-order chi connectivity index (χ1) is 16.8. The third-order valence-corrected chi connectivity index (χ3v) is 5.70. The molecule has 1 aliphatic heterocycles. The number of nitrogens with zero attached hydrogens (tertiary/aromatic N) is 2. The molecule has 182 valence electrons. The number of hydrogen-bond donors (Lipinski definition) is 1. The second kappa shape index (κ2) is 10.4. The maximum atomic E-state index is 14.9. The Balaban J connectivity index is 1.35. The minimum Gasteiger partial charge on any atom is -0.442 e. The van der Waals surface area contributed by atoms with Crippen LogP contribution < -0.4 is 10.2 Å². The Bertz CT molecular complexity index is 1240. The van der Waals surface area contributed by atoms with Gasteiger partial charge >= 0.3 is 12.0 Å². The molecule has 1 aromatic heterocycles. The third kappa shape index (κ3) is 5.84. The Labute approximate surface area is 200 Å². The molecule has 2 aromatic carbocycles. The van der Waals surface area contributed by atoms with Crippen molar-refractivity contribution in [2.24, 2.45) is 0 Å². The molecule has 1 N–H and O–H groups in total. The number of hydrogen-bond acceptors (Lipinski definition) is 6. The van der Waals surface area contributed by atoms with Gasteiger partial charge in [0.25, 0.3) is 0 Å². The average Bonchev–Trinajstić information content (AvgIpc) is 3.45. The number of cyclic esters (lactones) is 1. The van der Waals surface area contributed by atoms with Crippen LogP contribution >= 0.6 is 0 Å². The van der Waals surface area contributed by atoms with Crippen molar-refractivity contribution in [3.63, 3.8) is 0 Å². The minimum absolute atomic E-state index is 0.200. The lowest BCUT2D eigenvalue weighted by molar-refractivity contribution is -0.402. The topological polar surface area (TPSA) is 115 Å². The smallest absolute Gasteiger partial charge is 0.433 e. The Morgan fingerprint density at radius 2 is 1.94 bits per heavy atom. The van der Waals surface area contributed by atoms with Gasteiger partial charge in [-0.05, 0) is 48.2 Å². The number of ether oxygens (including phenoxy) is 1. The molecule has 0 saturated carbocycles. The maximum Gasteiger partial charge on any atom is 0.433 e. The fourth-order valence-corrected chi connectivity index (χ4v) is 3.92. The van der Waals surface area contributed by atoms with Crippen molar-refractivity contribution in [3.8, 4) is 11.1 Å². The van der Waals surface area contributed by atoms with E-state index in [0.29, 0.717) is 29.0 Å². The number of anilines is 1. The zero-order valence-electron chi connectivity index (χ0n) is 19.0. The number of nitro groups is 1. The van der Waals surface area contributed by atoms with Gasteiger partial charge in [0.1, 0.15) is 22.6 Å². The number of furan rings is 1. The lowest BCUT2D eigenvalue weighted by Gasteiger charge is -2.14. The Morgan fingerprint density at radius 1 is 1.17 bits per heavy atom. The van der Waals surface area contributed by atoms with Gasteiger partial charge in [-0.2, -0.15) is 0 Å². The highest BCUT2D eigenvalue weighted by Gasteiger charge is 2.32. The van der Waals surface area contributed by atoms with E-state index in [4.69, 9.17) is 9.15 Å². The lowest BCUT2D eigenvalue weighted by atomic mass is 10.0. The van der Waals surface area contributed by atoms with Crippen molar-refractivity contribution in [2.45, 2.75) is 32.3 Å². The van der Waals surface area contributed by atoms with Crippen molar-refractivity contribution in [1.29, 1.82) is 0 Å². The van der Waals surface area contributed by atoms with E-state index in [9.17, 15) is 24.1 Å². The van der Waals surface area contributed by atoms with Crippen LogP contribution in [0.25, 0.3) is 11.1 Å². The van der Waals surface area contributed by atoms with E-state index in [1.54, 1.807) is 18.2 Å². The zero-order valence-corrected chi connectivity index (χ0v) is 19.0. The summed E-state index contributed by atoms with van der Waals surface area (Å²) in [6.45, 7) is 1.80. The fourth-order valence-electron chi connectivity index (χ4n) is 3.92. The Morgan fingerprint density at radius 3 is 2.60 bits per heavy atom. The normalized spacial score (nSPS) is 15.2. The van der Waals surface area contributed by atoms with E-state index in [-0.39, 0.29) is 24.9 Å². The molecule has 0 radical (unpaired) electrons. The summed E-state index contributed by atoms with van der Waals surface area (Å²) in [5.41, 5.74) is 2.55. The predicted octanol–water partition coefficient (Wildman–Crippen LogP) is 4.63. The van der Waals surface area contributed by atoms with E-state index >= 15 is 0 Å². The van der Waals surface area contributed by atoms with Crippen LogP contribution in [-0.4, -0.2) is 36.1 Å². The number of nitrogens with one attached hydrogen (secondary N) is 1. The Hall–Kier alpha value is -4.21. The third-order valence-electron chi connectivity index (χ3n) is 5.70. The van der Waals surface area contributed by atoms with Gasteiger partial charge in [-0.15, -0.1) is 0 Å². The highest BCUT2D eigenvalue weighted by atomic mass is 19.1. The molecule has 9 nitrogen and oxygen atoms in total. The number of amides is 2. The number of rotatable bonds is 9. The molecule has 0 bridgehead atoms. The lowest BCUT2D eigenvalue weighted by Crippen LogP contribution is -2.33. The van der Waals surface area contributed by atoms with Gasteiger partial charge in [-0.25, -0.2) is 9.18 Å². The molecule has 35 heavy (non-hydrogen) atoms. The summed E-state index contributed by atoms with van der Waals surface area (Å²) in [5, 5.41) is 13.3. The van der Waals surface area contributed by atoms with Crippen LogP contribution in [0.5, 0.6) is 0 Å². The SMILES string of the molecule is CC(=O)NC[C@H]1CN(c2ccc(-c3ccc(CCCc4ccc([N+](=O)[O-])o4)cc3)c(F)c2)C(=O)O1. The van der Waals surface area contributed by atoms with E-state index in [1.165, 1.54) is 24.0 Å². The summed E-state index contributed by atoms with van der Waals surface area (Å²) in [5.74, 6) is -0.375. The van der Waals surface area contributed by atoms with Crippen LogP contribution in [0, 0.1) is 15.9 Å². The molecule has 2 heterocycles. The van der Waals surface area contributed by atoms with Gasteiger partial charge < -0.3 is 14.5 Å². The molecule has 10 heteroatoms. The number of benzene rings is 2. The summed E-state index contributed by atoms with van der Waals surface area (Å²) in [6.07, 6.45) is 0.996. The van der Waals surface area contributed by atoms with Gasteiger partial charge in [0.05, 0.1) is 24.8 Å². The van der Waals surface area contributed by atoms with Crippen LogP contribution in [0.4, 0.5) is 20.8 Å². The molecule has 1 fully saturated rings. The number of aryl methyl sites for hydroxylation is 2. The highest BCUT2D eigenvalue weighted by molar-refractivity contribution is 5.90. The minimum atomic E-state index is -0.582. The Kier molecular flexibility index (Phi) is 7.09. The monoisotopic (exact) mass is 481 g/mol. The van der Waals surface area contributed by atoms with Crippen LogP contribution in [0.1, 0.15) is 24.7 Å². The molecule has 0 aliphatic carbocycles. The molecule has 1 saturated heterocycles. The highest BCUT2D eigenvalue weighted by Crippen LogP contribution is 2.29. The van der Waals surface area contributed by atoms with Gasteiger partial charge in [0.2, 0.25) is 5.91 Å². The first-order valence-electron chi connectivity index (χ1n) is 11.1. The predicted molar refractivity (Wildman–Crippen MR) is 126 cm³/mol. The number of halogens is 1. The van der Waals surface area contributed by atoms with E-state index in [1.807, 2.05) is 24.3 Å². The second-order valence-corrected chi connectivity index (χ2v) is 8.27. The first-order valence-corrected chi connectivity index (χ1v) is 11.1. The molecular weight excluding hydrogens is 457 g/mol.